The first-order valence-electron chi connectivity index (χ1n) is 8.45. The normalized spacial score (nSPS) is 20.7. The van der Waals surface area contributed by atoms with E-state index in [1.165, 1.54) is 13.2 Å². The van der Waals surface area contributed by atoms with E-state index in [0.29, 0.717) is 5.69 Å². The summed E-state index contributed by atoms with van der Waals surface area (Å²) in [5, 5.41) is 0. The topological polar surface area (TPSA) is 70.4 Å². The maximum Gasteiger partial charge on any atom is 0.330 e. The molecule has 3 rings (SSSR count). The zero-order valence-corrected chi connectivity index (χ0v) is 15.1. The Balaban J connectivity index is 1.60. The summed E-state index contributed by atoms with van der Waals surface area (Å²) in [4.78, 5) is 28.2. The molecule has 6 heteroatoms. The fourth-order valence-corrected chi connectivity index (χ4v) is 3.15. The first-order chi connectivity index (χ1) is 12.4. The van der Waals surface area contributed by atoms with Crippen LogP contribution in [0.3, 0.4) is 0 Å². The Morgan fingerprint density at radius 2 is 1.96 bits per heavy atom. The molecule has 0 spiro atoms. The van der Waals surface area contributed by atoms with Gasteiger partial charge < -0.3 is 14.0 Å². The van der Waals surface area contributed by atoms with Gasteiger partial charge in [-0.1, -0.05) is 26.0 Å². The number of hydrogen-bond acceptors (Lipinski definition) is 5. The predicted molar refractivity (Wildman–Crippen MR) is 95.3 cm³/mol. The molecule has 0 bridgehead atoms. The van der Waals surface area contributed by atoms with Crippen molar-refractivity contribution >= 4 is 11.9 Å². The summed E-state index contributed by atoms with van der Waals surface area (Å²) >= 11 is 0. The highest BCUT2D eigenvalue weighted by molar-refractivity contribution is 5.83. The van der Waals surface area contributed by atoms with E-state index in [4.69, 9.17) is 4.74 Å². The van der Waals surface area contributed by atoms with Gasteiger partial charge in [0.2, 0.25) is 0 Å². The van der Waals surface area contributed by atoms with Crippen molar-refractivity contribution in [2.45, 2.75) is 20.5 Å². The summed E-state index contributed by atoms with van der Waals surface area (Å²) < 4.78 is 11.9. The van der Waals surface area contributed by atoms with Crippen molar-refractivity contribution in [1.29, 1.82) is 0 Å². The van der Waals surface area contributed by atoms with E-state index in [1.54, 1.807) is 6.08 Å². The first-order valence-corrected chi connectivity index (χ1v) is 8.45. The van der Waals surface area contributed by atoms with E-state index in [1.807, 2.05) is 61.1 Å². The Morgan fingerprint density at radius 3 is 2.65 bits per heavy atom. The second kappa shape index (κ2) is 7.15. The third-order valence-electron chi connectivity index (χ3n) is 4.83. The molecular weight excluding hydrogens is 332 g/mol. The highest BCUT2D eigenvalue weighted by atomic mass is 16.5. The molecule has 0 radical (unpaired) electrons. The van der Waals surface area contributed by atoms with E-state index in [-0.39, 0.29) is 29.8 Å². The van der Waals surface area contributed by atoms with E-state index >= 15 is 0 Å². The van der Waals surface area contributed by atoms with Crippen LogP contribution in [0.5, 0.6) is 0 Å². The number of aromatic nitrogens is 2. The molecule has 2 aromatic rings. The molecule has 1 saturated carbocycles. The number of hydrogen-bond donors (Lipinski definition) is 0. The molecule has 26 heavy (non-hydrogen) atoms. The van der Waals surface area contributed by atoms with Crippen LogP contribution in [-0.2, 0) is 25.7 Å². The van der Waals surface area contributed by atoms with Crippen LogP contribution in [0.25, 0.3) is 5.82 Å². The molecule has 1 fully saturated rings. The minimum Gasteiger partial charge on any atom is -0.466 e. The fraction of sp³-hybridized carbons (Fsp3) is 0.350. The number of rotatable bonds is 6. The highest BCUT2D eigenvalue weighted by Crippen LogP contribution is 2.59. The van der Waals surface area contributed by atoms with Gasteiger partial charge in [-0.25, -0.2) is 9.78 Å². The maximum absolute atomic E-state index is 12.4. The van der Waals surface area contributed by atoms with E-state index < -0.39 is 5.97 Å². The molecule has 1 aliphatic rings. The van der Waals surface area contributed by atoms with E-state index in [2.05, 4.69) is 9.72 Å². The molecule has 136 valence electrons. The maximum atomic E-state index is 12.4. The predicted octanol–water partition coefficient (Wildman–Crippen LogP) is 2.92. The van der Waals surface area contributed by atoms with Gasteiger partial charge in [-0.2, -0.15) is 0 Å². The lowest BCUT2D eigenvalue weighted by Gasteiger charge is -2.07. The molecule has 2 atom stereocenters. The number of allylic oxidation sites excluding steroid dienone is 1. The van der Waals surface area contributed by atoms with Gasteiger partial charge in [0.25, 0.3) is 0 Å². The Bertz CT molecular complexity index is 824. The Hall–Kier alpha value is -2.89. The minimum absolute atomic E-state index is 0.0340. The second-order valence-electron chi connectivity index (χ2n) is 6.89. The van der Waals surface area contributed by atoms with Crippen LogP contribution in [0.1, 0.15) is 19.5 Å². The average molecular weight is 354 g/mol. The SMILES string of the molecule is COC(=O)C=C[C@H]1[C@@H](C(=O)OCc2cccc(-n3cccc3)n2)C1(C)C. The minimum atomic E-state index is -0.425. The van der Waals surface area contributed by atoms with Crippen molar-refractivity contribution in [1.82, 2.24) is 9.55 Å². The summed E-state index contributed by atoms with van der Waals surface area (Å²) in [6.07, 6.45) is 6.90. The lowest BCUT2D eigenvalue weighted by atomic mass is 10.1. The molecule has 0 unspecified atom stereocenters. The number of pyridine rings is 1. The van der Waals surface area contributed by atoms with Crippen LogP contribution >= 0.6 is 0 Å². The van der Waals surface area contributed by atoms with Gasteiger partial charge in [0, 0.05) is 18.5 Å². The zero-order chi connectivity index (χ0) is 18.7. The van der Waals surface area contributed by atoms with Crippen LogP contribution in [0.2, 0.25) is 0 Å². The van der Waals surface area contributed by atoms with Crippen LogP contribution in [-0.4, -0.2) is 28.6 Å². The van der Waals surface area contributed by atoms with Gasteiger partial charge in [0.05, 0.1) is 18.7 Å². The monoisotopic (exact) mass is 354 g/mol. The van der Waals surface area contributed by atoms with Crippen molar-refractivity contribution in [3.8, 4) is 5.82 Å². The van der Waals surface area contributed by atoms with Crippen molar-refractivity contribution < 1.29 is 19.1 Å². The number of nitrogens with zero attached hydrogens (tertiary/aromatic N) is 2. The summed E-state index contributed by atoms with van der Waals surface area (Å²) in [6.45, 7) is 4.08. The summed E-state index contributed by atoms with van der Waals surface area (Å²) in [7, 11) is 1.32. The van der Waals surface area contributed by atoms with Crippen molar-refractivity contribution in [3.63, 3.8) is 0 Å². The van der Waals surface area contributed by atoms with Gasteiger partial charge in [-0.3, -0.25) is 4.79 Å². The lowest BCUT2D eigenvalue weighted by Crippen LogP contribution is -2.11. The average Bonchev–Trinajstić information content (AvgIpc) is 3.00. The standard InChI is InChI=1S/C20H22N2O4/c1-20(2)15(9-10-17(23)25-3)18(20)19(24)26-13-14-7-6-8-16(21-14)22-11-4-5-12-22/h4-12,15,18H,13H2,1-3H3/t15-,18-/m0/s1. The summed E-state index contributed by atoms with van der Waals surface area (Å²) in [5.74, 6) is -0.230. The molecule has 0 N–H and O–H groups in total. The van der Waals surface area contributed by atoms with Gasteiger partial charge in [-0.15, -0.1) is 0 Å². The van der Waals surface area contributed by atoms with Crippen LogP contribution in [0.4, 0.5) is 0 Å². The summed E-state index contributed by atoms with van der Waals surface area (Å²) in [6, 6.07) is 9.45. The first kappa shape index (κ1) is 17.9. The smallest absolute Gasteiger partial charge is 0.330 e. The van der Waals surface area contributed by atoms with Gasteiger partial charge in [0.15, 0.2) is 0 Å². The second-order valence-corrected chi connectivity index (χ2v) is 6.89. The molecule has 0 saturated heterocycles. The molecule has 0 amide bonds. The Labute approximate surface area is 152 Å². The third kappa shape index (κ3) is 3.69. The molecule has 2 aromatic heterocycles. The molecule has 1 aliphatic carbocycles. The van der Waals surface area contributed by atoms with Crippen LogP contribution in [0.15, 0.2) is 54.9 Å². The highest BCUT2D eigenvalue weighted by Gasteiger charge is 2.61. The lowest BCUT2D eigenvalue weighted by molar-refractivity contribution is -0.147. The molecule has 6 nitrogen and oxygen atoms in total. The third-order valence-corrected chi connectivity index (χ3v) is 4.83. The zero-order valence-electron chi connectivity index (χ0n) is 15.1. The largest absolute Gasteiger partial charge is 0.466 e. The molecular formula is C20H22N2O4. The number of esters is 2. The Kier molecular flexibility index (Phi) is 4.93. The van der Waals surface area contributed by atoms with Crippen molar-refractivity contribution in [3.05, 3.63) is 60.6 Å². The van der Waals surface area contributed by atoms with E-state index in [0.717, 1.165) is 5.82 Å². The van der Waals surface area contributed by atoms with Gasteiger partial charge in [-0.05, 0) is 35.6 Å². The number of ether oxygens (including phenoxy) is 2. The van der Waals surface area contributed by atoms with Crippen molar-refractivity contribution in [2.24, 2.45) is 17.3 Å². The Morgan fingerprint density at radius 1 is 1.23 bits per heavy atom. The molecule has 2 heterocycles. The van der Waals surface area contributed by atoms with Crippen LogP contribution in [0, 0.1) is 17.3 Å². The van der Waals surface area contributed by atoms with E-state index in [9.17, 15) is 9.59 Å². The van der Waals surface area contributed by atoms with Gasteiger partial charge >= 0.3 is 11.9 Å². The number of methoxy groups -OCH3 is 1. The molecule has 0 aromatic carbocycles. The number of carbonyl (C=O) groups excluding carboxylic acids is 2. The number of carbonyl (C=O) groups is 2. The van der Waals surface area contributed by atoms with Crippen molar-refractivity contribution in [2.75, 3.05) is 7.11 Å². The quantitative estimate of drug-likeness (QED) is 0.589. The molecule has 0 aliphatic heterocycles. The fourth-order valence-electron chi connectivity index (χ4n) is 3.15. The van der Waals surface area contributed by atoms with Crippen LogP contribution < -0.4 is 0 Å². The van der Waals surface area contributed by atoms with Gasteiger partial charge in [0.1, 0.15) is 12.4 Å². The summed E-state index contributed by atoms with van der Waals surface area (Å²) in [5.41, 5.74) is 0.451.